The highest BCUT2D eigenvalue weighted by Gasteiger charge is 2.17. The molecule has 0 saturated heterocycles. The van der Waals surface area contributed by atoms with Gasteiger partial charge >= 0.3 is 0 Å². The molecule has 1 aliphatic heterocycles. The van der Waals surface area contributed by atoms with Crippen LogP contribution in [0.4, 0.5) is 0 Å². The summed E-state index contributed by atoms with van der Waals surface area (Å²) in [5.41, 5.74) is 4.20. The second-order valence-corrected chi connectivity index (χ2v) is 5.01. The number of nitrogens with one attached hydrogen (secondary N) is 1. The predicted octanol–water partition coefficient (Wildman–Crippen LogP) is 3.12. The van der Waals surface area contributed by atoms with Crippen molar-refractivity contribution in [2.45, 2.75) is 18.9 Å². The van der Waals surface area contributed by atoms with Crippen LogP contribution in [0.25, 0.3) is 0 Å². The van der Waals surface area contributed by atoms with Gasteiger partial charge in [0.1, 0.15) is 5.75 Å². The van der Waals surface area contributed by atoms with Gasteiger partial charge in [0, 0.05) is 6.04 Å². The van der Waals surface area contributed by atoms with E-state index in [-0.39, 0.29) is 0 Å². The lowest BCUT2D eigenvalue weighted by molar-refractivity contribution is 0.414. The first-order valence-electron chi connectivity index (χ1n) is 6.81. The highest BCUT2D eigenvalue weighted by Crippen LogP contribution is 2.26. The van der Waals surface area contributed by atoms with Gasteiger partial charge in [0.25, 0.3) is 0 Å². The molecule has 0 aliphatic carbocycles. The maximum Gasteiger partial charge on any atom is 0.119 e. The Morgan fingerprint density at radius 2 is 1.89 bits per heavy atom. The summed E-state index contributed by atoms with van der Waals surface area (Å²) in [4.78, 5) is 0. The van der Waals surface area contributed by atoms with E-state index >= 15 is 0 Å². The van der Waals surface area contributed by atoms with Crippen LogP contribution in [0.5, 0.6) is 5.75 Å². The van der Waals surface area contributed by atoms with Crippen LogP contribution in [0.3, 0.4) is 0 Å². The van der Waals surface area contributed by atoms with E-state index < -0.39 is 0 Å². The first kappa shape index (κ1) is 12.2. The molecule has 0 aromatic heterocycles. The van der Waals surface area contributed by atoms with Gasteiger partial charge in [-0.05, 0) is 48.2 Å². The Labute approximate surface area is 114 Å². The lowest BCUT2D eigenvalue weighted by Gasteiger charge is -2.16. The highest BCUT2D eigenvalue weighted by molar-refractivity contribution is 5.38. The largest absolute Gasteiger partial charge is 0.497 e. The molecule has 3 rings (SSSR count). The molecule has 2 nitrogen and oxygen atoms in total. The van der Waals surface area contributed by atoms with Crippen molar-refractivity contribution in [1.82, 2.24) is 5.32 Å². The first-order valence-corrected chi connectivity index (χ1v) is 6.81. The molecule has 2 heteroatoms. The van der Waals surface area contributed by atoms with E-state index in [4.69, 9.17) is 4.74 Å². The smallest absolute Gasteiger partial charge is 0.119 e. The number of ether oxygens (including phenoxy) is 1. The van der Waals surface area contributed by atoms with Gasteiger partial charge in [-0.15, -0.1) is 0 Å². The molecule has 1 unspecified atom stereocenters. The predicted molar refractivity (Wildman–Crippen MR) is 77.6 cm³/mol. The van der Waals surface area contributed by atoms with Crippen LogP contribution in [0.1, 0.15) is 22.7 Å². The SMILES string of the molecule is COc1ccc2c(c1)CCNC(c1ccccc1)C2. The summed E-state index contributed by atoms with van der Waals surface area (Å²) in [6.45, 7) is 1.01. The molecular formula is C17H19NO. The number of hydrogen-bond donors (Lipinski definition) is 1. The van der Waals surface area contributed by atoms with Gasteiger partial charge in [-0.25, -0.2) is 0 Å². The Kier molecular flexibility index (Phi) is 3.51. The van der Waals surface area contributed by atoms with Crippen LogP contribution in [-0.4, -0.2) is 13.7 Å². The standard InChI is InChI=1S/C17H19NO/c1-19-16-8-7-14-12-17(13-5-3-2-4-6-13)18-10-9-15(14)11-16/h2-8,11,17-18H,9-10,12H2,1H3. The topological polar surface area (TPSA) is 21.3 Å². The minimum absolute atomic E-state index is 0.413. The fourth-order valence-corrected chi connectivity index (χ4v) is 2.76. The molecule has 1 atom stereocenters. The molecule has 0 radical (unpaired) electrons. The molecule has 1 heterocycles. The number of hydrogen-bond acceptors (Lipinski definition) is 2. The van der Waals surface area contributed by atoms with Crippen LogP contribution in [-0.2, 0) is 12.8 Å². The van der Waals surface area contributed by atoms with Gasteiger partial charge in [-0.3, -0.25) is 0 Å². The molecule has 0 amide bonds. The van der Waals surface area contributed by atoms with Crippen LogP contribution >= 0.6 is 0 Å². The van der Waals surface area contributed by atoms with E-state index in [0.717, 1.165) is 25.1 Å². The molecular weight excluding hydrogens is 234 g/mol. The van der Waals surface area contributed by atoms with Gasteiger partial charge < -0.3 is 10.1 Å². The molecule has 2 aromatic rings. The average Bonchev–Trinajstić information content (AvgIpc) is 2.69. The minimum Gasteiger partial charge on any atom is -0.497 e. The summed E-state index contributed by atoms with van der Waals surface area (Å²) in [6, 6.07) is 17.5. The number of benzene rings is 2. The Morgan fingerprint density at radius 3 is 2.68 bits per heavy atom. The zero-order valence-electron chi connectivity index (χ0n) is 11.2. The summed E-state index contributed by atoms with van der Waals surface area (Å²) >= 11 is 0. The zero-order chi connectivity index (χ0) is 13.1. The van der Waals surface area contributed by atoms with E-state index in [9.17, 15) is 0 Å². The molecule has 98 valence electrons. The second kappa shape index (κ2) is 5.45. The molecule has 1 aliphatic rings. The molecule has 19 heavy (non-hydrogen) atoms. The van der Waals surface area contributed by atoms with Crippen LogP contribution in [0.2, 0.25) is 0 Å². The van der Waals surface area contributed by atoms with E-state index in [1.54, 1.807) is 7.11 Å². The van der Waals surface area contributed by atoms with Crippen molar-refractivity contribution in [3.05, 3.63) is 65.2 Å². The zero-order valence-corrected chi connectivity index (χ0v) is 11.2. The van der Waals surface area contributed by atoms with Crippen molar-refractivity contribution in [2.75, 3.05) is 13.7 Å². The maximum atomic E-state index is 5.31. The van der Waals surface area contributed by atoms with Gasteiger partial charge in [0.2, 0.25) is 0 Å². The molecule has 0 fully saturated rings. The summed E-state index contributed by atoms with van der Waals surface area (Å²) in [5.74, 6) is 0.955. The summed E-state index contributed by atoms with van der Waals surface area (Å²) in [7, 11) is 1.73. The third-order valence-electron chi connectivity index (χ3n) is 3.82. The van der Waals surface area contributed by atoms with Gasteiger partial charge in [-0.2, -0.15) is 0 Å². The molecule has 0 saturated carbocycles. The van der Waals surface area contributed by atoms with Crippen LogP contribution in [0, 0.1) is 0 Å². The highest BCUT2D eigenvalue weighted by atomic mass is 16.5. The number of fused-ring (bicyclic) bond motifs is 1. The number of methoxy groups -OCH3 is 1. The van der Waals surface area contributed by atoms with E-state index in [1.807, 2.05) is 0 Å². The van der Waals surface area contributed by atoms with Crippen molar-refractivity contribution in [3.8, 4) is 5.75 Å². The fraction of sp³-hybridized carbons (Fsp3) is 0.294. The molecule has 0 bridgehead atoms. The third-order valence-corrected chi connectivity index (χ3v) is 3.82. The van der Waals surface area contributed by atoms with Gasteiger partial charge in [-0.1, -0.05) is 36.4 Å². The Balaban J connectivity index is 1.89. The number of rotatable bonds is 2. The molecule has 2 aromatic carbocycles. The second-order valence-electron chi connectivity index (χ2n) is 5.01. The quantitative estimate of drug-likeness (QED) is 0.888. The van der Waals surface area contributed by atoms with Gasteiger partial charge in [0.15, 0.2) is 0 Å². The van der Waals surface area contributed by atoms with Crippen molar-refractivity contribution in [1.29, 1.82) is 0 Å². The monoisotopic (exact) mass is 253 g/mol. The van der Waals surface area contributed by atoms with E-state index in [1.165, 1.54) is 16.7 Å². The molecule has 1 N–H and O–H groups in total. The Hall–Kier alpha value is -1.80. The summed E-state index contributed by atoms with van der Waals surface area (Å²) < 4.78 is 5.31. The van der Waals surface area contributed by atoms with Crippen molar-refractivity contribution >= 4 is 0 Å². The van der Waals surface area contributed by atoms with Gasteiger partial charge in [0.05, 0.1) is 7.11 Å². The minimum atomic E-state index is 0.413. The average molecular weight is 253 g/mol. The molecule has 0 spiro atoms. The Bertz CT molecular complexity index is 550. The van der Waals surface area contributed by atoms with E-state index in [0.29, 0.717) is 6.04 Å². The van der Waals surface area contributed by atoms with Crippen molar-refractivity contribution < 1.29 is 4.74 Å². The van der Waals surface area contributed by atoms with Crippen molar-refractivity contribution in [2.24, 2.45) is 0 Å². The fourth-order valence-electron chi connectivity index (χ4n) is 2.76. The summed E-state index contributed by atoms with van der Waals surface area (Å²) in [5, 5.41) is 3.64. The normalized spacial score (nSPS) is 18.5. The lowest BCUT2D eigenvalue weighted by Crippen LogP contribution is -2.22. The van der Waals surface area contributed by atoms with Crippen LogP contribution in [0.15, 0.2) is 48.5 Å². The van der Waals surface area contributed by atoms with Crippen LogP contribution < -0.4 is 10.1 Å². The van der Waals surface area contributed by atoms with Crippen molar-refractivity contribution in [3.63, 3.8) is 0 Å². The van der Waals surface area contributed by atoms with E-state index in [2.05, 4.69) is 53.8 Å². The first-order chi connectivity index (χ1) is 9.36. The lowest BCUT2D eigenvalue weighted by atomic mass is 9.96. The maximum absolute atomic E-state index is 5.31. The summed E-state index contributed by atoms with van der Waals surface area (Å²) in [6.07, 6.45) is 2.11. The third kappa shape index (κ3) is 2.64. The Morgan fingerprint density at radius 1 is 1.05 bits per heavy atom.